The third-order valence-electron chi connectivity index (χ3n) is 3.29. The molecule has 1 saturated carbocycles. The minimum Gasteiger partial charge on any atom is -0.396 e. The van der Waals surface area contributed by atoms with Gasteiger partial charge >= 0.3 is 0 Å². The van der Waals surface area contributed by atoms with Gasteiger partial charge < -0.3 is 15.7 Å². The second-order valence-corrected chi connectivity index (χ2v) is 4.80. The van der Waals surface area contributed by atoms with Crippen LogP contribution in [0.25, 0.3) is 0 Å². The van der Waals surface area contributed by atoms with Gasteiger partial charge in [0.1, 0.15) is 5.69 Å². The number of aliphatic hydroxyl groups is 1. The van der Waals surface area contributed by atoms with Crippen LogP contribution in [-0.4, -0.2) is 35.7 Å². The Labute approximate surface area is 107 Å². The molecule has 0 aliphatic heterocycles. The fourth-order valence-electron chi connectivity index (χ4n) is 1.77. The fourth-order valence-corrected chi connectivity index (χ4v) is 1.77. The molecule has 18 heavy (non-hydrogen) atoms. The van der Waals surface area contributed by atoms with Gasteiger partial charge in [0.2, 0.25) is 0 Å². The number of aliphatic hydroxyl groups excluding tert-OH is 1. The van der Waals surface area contributed by atoms with Gasteiger partial charge in [0.05, 0.1) is 6.61 Å². The maximum absolute atomic E-state index is 11.6. The minimum absolute atomic E-state index is 0.0507. The zero-order valence-electron chi connectivity index (χ0n) is 10.6. The van der Waals surface area contributed by atoms with Crippen LogP contribution in [0.2, 0.25) is 0 Å². The molecule has 1 heterocycles. The molecule has 0 unspecified atom stereocenters. The first-order valence-corrected chi connectivity index (χ1v) is 6.28. The monoisotopic (exact) mass is 249 g/mol. The van der Waals surface area contributed by atoms with Gasteiger partial charge in [0, 0.05) is 30.4 Å². The number of amides is 1. The lowest BCUT2D eigenvalue weighted by atomic mass is 10.1. The predicted molar refractivity (Wildman–Crippen MR) is 69.5 cm³/mol. The van der Waals surface area contributed by atoms with Crippen LogP contribution < -0.4 is 10.6 Å². The van der Waals surface area contributed by atoms with E-state index in [0.717, 1.165) is 25.1 Å². The molecule has 1 amide bonds. The highest BCUT2D eigenvalue weighted by atomic mass is 16.3. The Bertz CT molecular complexity index is 430. The van der Waals surface area contributed by atoms with Crippen molar-refractivity contribution in [2.45, 2.75) is 19.8 Å². The average molecular weight is 249 g/mol. The molecule has 1 aromatic rings. The molecule has 5 heteroatoms. The van der Waals surface area contributed by atoms with Gasteiger partial charge in [-0.2, -0.15) is 0 Å². The van der Waals surface area contributed by atoms with E-state index in [1.165, 1.54) is 0 Å². The number of pyridine rings is 1. The van der Waals surface area contributed by atoms with E-state index in [-0.39, 0.29) is 17.9 Å². The van der Waals surface area contributed by atoms with Crippen LogP contribution in [0.1, 0.15) is 30.3 Å². The number of rotatable bonds is 6. The van der Waals surface area contributed by atoms with E-state index in [4.69, 9.17) is 0 Å². The molecule has 0 radical (unpaired) electrons. The Morgan fingerprint density at radius 3 is 2.94 bits per heavy atom. The number of carbonyl (C=O) groups is 1. The van der Waals surface area contributed by atoms with E-state index in [1.54, 1.807) is 12.3 Å². The number of hydrogen-bond acceptors (Lipinski definition) is 4. The van der Waals surface area contributed by atoms with Gasteiger partial charge in [-0.05, 0) is 31.9 Å². The molecule has 1 aliphatic rings. The van der Waals surface area contributed by atoms with E-state index in [1.807, 2.05) is 13.0 Å². The molecule has 1 aromatic heterocycles. The first-order valence-electron chi connectivity index (χ1n) is 6.28. The third kappa shape index (κ3) is 2.98. The van der Waals surface area contributed by atoms with Gasteiger partial charge in [0.25, 0.3) is 5.91 Å². The molecule has 1 fully saturated rings. The number of nitrogens with one attached hydrogen (secondary N) is 2. The highest BCUT2D eigenvalue weighted by Gasteiger charge is 2.41. The lowest BCUT2D eigenvalue weighted by Crippen LogP contribution is -2.24. The molecule has 5 nitrogen and oxygen atoms in total. The molecule has 0 spiro atoms. The molecule has 2 rings (SSSR count). The Kier molecular flexibility index (Phi) is 3.81. The van der Waals surface area contributed by atoms with Crippen molar-refractivity contribution in [2.75, 3.05) is 25.0 Å². The summed E-state index contributed by atoms with van der Waals surface area (Å²) in [6.07, 6.45) is 3.74. The summed E-state index contributed by atoms with van der Waals surface area (Å²) in [5, 5.41) is 15.2. The number of carbonyl (C=O) groups excluding carboxylic acids is 1. The van der Waals surface area contributed by atoms with Gasteiger partial charge in [-0.15, -0.1) is 0 Å². The van der Waals surface area contributed by atoms with Crippen molar-refractivity contribution in [3.8, 4) is 0 Å². The van der Waals surface area contributed by atoms with Crippen LogP contribution in [0, 0.1) is 5.41 Å². The van der Waals surface area contributed by atoms with Crippen molar-refractivity contribution >= 4 is 11.6 Å². The van der Waals surface area contributed by atoms with Crippen molar-refractivity contribution in [2.24, 2.45) is 5.41 Å². The summed E-state index contributed by atoms with van der Waals surface area (Å²) >= 11 is 0. The maximum Gasteiger partial charge on any atom is 0.269 e. The number of hydrogen-bond donors (Lipinski definition) is 3. The van der Waals surface area contributed by atoms with Crippen LogP contribution in [0.4, 0.5) is 5.69 Å². The van der Waals surface area contributed by atoms with Crippen LogP contribution >= 0.6 is 0 Å². The smallest absolute Gasteiger partial charge is 0.269 e. The predicted octanol–water partition coefficient (Wildman–Crippen LogP) is 1.02. The highest BCUT2D eigenvalue weighted by molar-refractivity contribution is 5.93. The van der Waals surface area contributed by atoms with E-state index in [2.05, 4.69) is 15.6 Å². The summed E-state index contributed by atoms with van der Waals surface area (Å²) in [6.45, 7) is 3.42. The summed E-state index contributed by atoms with van der Waals surface area (Å²) < 4.78 is 0. The SMILES string of the molecule is CCNC(=O)c1cc(NCC2(CO)CC2)ccn1. The lowest BCUT2D eigenvalue weighted by Gasteiger charge is -2.14. The summed E-state index contributed by atoms with van der Waals surface area (Å²) in [6, 6.07) is 3.56. The summed E-state index contributed by atoms with van der Waals surface area (Å²) in [7, 11) is 0. The first-order chi connectivity index (χ1) is 8.69. The summed E-state index contributed by atoms with van der Waals surface area (Å²) in [5.74, 6) is -0.163. The van der Waals surface area contributed by atoms with Crippen LogP contribution in [0.5, 0.6) is 0 Å². The van der Waals surface area contributed by atoms with Crippen molar-refractivity contribution in [1.82, 2.24) is 10.3 Å². The second kappa shape index (κ2) is 5.35. The molecule has 0 bridgehead atoms. The quantitative estimate of drug-likeness (QED) is 0.703. The molecule has 1 aliphatic carbocycles. The number of nitrogens with zero attached hydrogens (tertiary/aromatic N) is 1. The maximum atomic E-state index is 11.6. The standard InChI is InChI=1S/C13H19N3O2/c1-2-14-12(18)11-7-10(3-6-15-11)16-8-13(9-17)4-5-13/h3,6-7,17H,2,4-5,8-9H2,1H3,(H,14,18)(H,15,16). The molecular formula is C13H19N3O2. The van der Waals surface area contributed by atoms with E-state index in [9.17, 15) is 9.90 Å². The van der Waals surface area contributed by atoms with E-state index < -0.39 is 0 Å². The highest BCUT2D eigenvalue weighted by Crippen LogP contribution is 2.44. The first kappa shape index (κ1) is 12.8. The van der Waals surface area contributed by atoms with Crippen molar-refractivity contribution in [1.29, 1.82) is 0 Å². The fraction of sp³-hybridized carbons (Fsp3) is 0.538. The van der Waals surface area contributed by atoms with E-state index in [0.29, 0.717) is 12.2 Å². The van der Waals surface area contributed by atoms with E-state index >= 15 is 0 Å². The minimum atomic E-state index is -0.163. The van der Waals surface area contributed by atoms with Gasteiger partial charge in [-0.25, -0.2) is 0 Å². The van der Waals surface area contributed by atoms with Gasteiger partial charge in [-0.3, -0.25) is 9.78 Å². The zero-order chi connectivity index (χ0) is 13.0. The Morgan fingerprint density at radius 2 is 2.33 bits per heavy atom. The Balaban J connectivity index is 1.97. The topological polar surface area (TPSA) is 74.2 Å². The Morgan fingerprint density at radius 1 is 1.56 bits per heavy atom. The number of anilines is 1. The van der Waals surface area contributed by atoms with Crippen molar-refractivity contribution in [3.63, 3.8) is 0 Å². The molecule has 3 N–H and O–H groups in total. The van der Waals surface area contributed by atoms with Crippen LogP contribution in [-0.2, 0) is 0 Å². The van der Waals surface area contributed by atoms with Crippen molar-refractivity contribution in [3.05, 3.63) is 24.0 Å². The Hall–Kier alpha value is -1.62. The summed E-state index contributed by atoms with van der Waals surface area (Å²) in [5.41, 5.74) is 1.33. The van der Waals surface area contributed by atoms with Crippen LogP contribution in [0.15, 0.2) is 18.3 Å². The largest absolute Gasteiger partial charge is 0.396 e. The summed E-state index contributed by atoms with van der Waals surface area (Å²) in [4.78, 5) is 15.7. The molecule has 0 saturated heterocycles. The van der Waals surface area contributed by atoms with Gasteiger partial charge in [0.15, 0.2) is 0 Å². The van der Waals surface area contributed by atoms with Gasteiger partial charge in [-0.1, -0.05) is 0 Å². The molecular weight excluding hydrogens is 230 g/mol. The molecule has 0 aromatic carbocycles. The zero-order valence-corrected chi connectivity index (χ0v) is 10.6. The molecule has 0 atom stereocenters. The average Bonchev–Trinajstić information content (AvgIpc) is 3.18. The van der Waals surface area contributed by atoms with Crippen molar-refractivity contribution < 1.29 is 9.90 Å². The third-order valence-corrected chi connectivity index (χ3v) is 3.29. The lowest BCUT2D eigenvalue weighted by molar-refractivity contribution is 0.0951. The van der Waals surface area contributed by atoms with Crippen LogP contribution in [0.3, 0.4) is 0 Å². The second-order valence-electron chi connectivity index (χ2n) is 4.80. The molecule has 98 valence electrons. The number of aromatic nitrogens is 1. The normalized spacial score (nSPS) is 16.1.